The van der Waals surface area contributed by atoms with Crippen LogP contribution in [-0.4, -0.2) is 70.4 Å². The highest BCUT2D eigenvalue weighted by Gasteiger charge is 2.32. The minimum Gasteiger partial charge on any atom is -0.495 e. The van der Waals surface area contributed by atoms with Gasteiger partial charge < -0.3 is 14.5 Å². The van der Waals surface area contributed by atoms with Gasteiger partial charge in [-0.1, -0.05) is 6.92 Å². The maximum Gasteiger partial charge on any atom is 0.253 e. The lowest BCUT2D eigenvalue weighted by molar-refractivity contribution is -0.138. The van der Waals surface area contributed by atoms with E-state index < -0.39 is 10.0 Å². The zero-order valence-corrected chi connectivity index (χ0v) is 18.7. The van der Waals surface area contributed by atoms with Crippen LogP contribution in [0.3, 0.4) is 0 Å². The summed E-state index contributed by atoms with van der Waals surface area (Å²) in [4.78, 5) is 29.4. The van der Waals surface area contributed by atoms with Crippen LogP contribution in [-0.2, 0) is 14.8 Å². The van der Waals surface area contributed by atoms with Crippen LogP contribution in [0.2, 0.25) is 0 Å². The van der Waals surface area contributed by atoms with Gasteiger partial charge >= 0.3 is 0 Å². The van der Waals surface area contributed by atoms with Crippen LogP contribution in [0.25, 0.3) is 0 Å². The number of benzene rings is 1. The van der Waals surface area contributed by atoms with Crippen molar-refractivity contribution in [3.8, 4) is 5.75 Å². The molecule has 0 aliphatic carbocycles. The number of amides is 2. The summed E-state index contributed by atoms with van der Waals surface area (Å²) in [6.07, 6.45) is 3.49. The molecular formula is C21H31N3O5S. The predicted octanol–water partition coefficient (Wildman–Crippen LogP) is 1.71. The van der Waals surface area contributed by atoms with Gasteiger partial charge in [0.2, 0.25) is 15.9 Å². The zero-order valence-electron chi connectivity index (χ0n) is 17.9. The maximum absolute atomic E-state index is 13.0. The summed E-state index contributed by atoms with van der Waals surface area (Å²) in [6, 6.07) is 4.41. The first-order valence-corrected chi connectivity index (χ1v) is 11.9. The van der Waals surface area contributed by atoms with Gasteiger partial charge in [-0.15, -0.1) is 0 Å². The summed E-state index contributed by atoms with van der Waals surface area (Å²) >= 11 is 0. The van der Waals surface area contributed by atoms with Gasteiger partial charge in [0, 0.05) is 37.7 Å². The average molecular weight is 438 g/mol. The van der Waals surface area contributed by atoms with E-state index in [-0.39, 0.29) is 28.4 Å². The van der Waals surface area contributed by atoms with E-state index in [4.69, 9.17) is 4.74 Å². The van der Waals surface area contributed by atoms with Crippen LogP contribution in [0.15, 0.2) is 23.1 Å². The van der Waals surface area contributed by atoms with Gasteiger partial charge in [0.15, 0.2) is 0 Å². The molecule has 0 aromatic heterocycles. The fraction of sp³-hybridized carbons (Fsp3) is 0.619. The molecule has 2 heterocycles. The lowest BCUT2D eigenvalue weighted by Crippen LogP contribution is -2.47. The van der Waals surface area contributed by atoms with E-state index >= 15 is 0 Å². The van der Waals surface area contributed by atoms with E-state index in [1.165, 1.54) is 32.7 Å². The van der Waals surface area contributed by atoms with E-state index in [0.717, 1.165) is 19.5 Å². The summed E-state index contributed by atoms with van der Waals surface area (Å²) < 4.78 is 31.9. The number of hydrogen-bond acceptors (Lipinski definition) is 5. The lowest BCUT2D eigenvalue weighted by atomic mass is 9.92. The van der Waals surface area contributed by atoms with E-state index in [9.17, 15) is 18.0 Å². The summed E-state index contributed by atoms with van der Waals surface area (Å²) in [5.74, 6) is 0.655. The largest absolute Gasteiger partial charge is 0.495 e. The Bertz CT molecular complexity index is 894. The standard InChI is InChI=1S/C21H31N3O5S/c1-15-5-4-10-24(14-15)20(25)16-8-11-23(12-9-16)21(26)17-6-7-18(29-3)19(13-17)30(27,28)22-2/h6-7,13,15-16,22H,4-5,8-12,14H2,1-3H3. The Morgan fingerprint density at radius 2 is 1.80 bits per heavy atom. The number of piperidine rings is 2. The number of carbonyl (C=O) groups is 2. The van der Waals surface area contributed by atoms with Crippen molar-refractivity contribution in [3.05, 3.63) is 23.8 Å². The Morgan fingerprint density at radius 3 is 2.40 bits per heavy atom. The average Bonchev–Trinajstić information content (AvgIpc) is 2.77. The third-order valence-electron chi connectivity index (χ3n) is 6.07. The van der Waals surface area contributed by atoms with Crippen molar-refractivity contribution in [2.24, 2.45) is 11.8 Å². The molecule has 0 spiro atoms. The molecule has 30 heavy (non-hydrogen) atoms. The minimum atomic E-state index is -3.76. The number of carbonyl (C=O) groups excluding carboxylic acids is 2. The monoisotopic (exact) mass is 437 g/mol. The highest BCUT2D eigenvalue weighted by molar-refractivity contribution is 7.89. The maximum atomic E-state index is 13.0. The van der Waals surface area contributed by atoms with Crippen LogP contribution in [0.4, 0.5) is 0 Å². The van der Waals surface area contributed by atoms with Crippen molar-refractivity contribution in [2.45, 2.75) is 37.5 Å². The summed E-state index contributed by atoms with van der Waals surface area (Å²) in [6.45, 7) is 4.80. The van der Waals surface area contributed by atoms with Crippen LogP contribution in [0.5, 0.6) is 5.75 Å². The van der Waals surface area contributed by atoms with Crippen molar-refractivity contribution in [1.82, 2.24) is 14.5 Å². The van der Waals surface area contributed by atoms with E-state index in [1.807, 2.05) is 4.90 Å². The van der Waals surface area contributed by atoms with Crippen molar-refractivity contribution in [2.75, 3.05) is 40.3 Å². The second-order valence-electron chi connectivity index (χ2n) is 8.17. The van der Waals surface area contributed by atoms with E-state index in [2.05, 4.69) is 11.6 Å². The molecule has 1 atom stereocenters. The Labute approximate surface area is 178 Å². The Kier molecular flexibility index (Phi) is 7.02. The Morgan fingerprint density at radius 1 is 1.10 bits per heavy atom. The van der Waals surface area contributed by atoms with Crippen molar-refractivity contribution in [1.29, 1.82) is 0 Å². The Hall–Kier alpha value is -2.13. The molecule has 8 nitrogen and oxygen atoms in total. The molecule has 1 aromatic rings. The third kappa shape index (κ3) is 4.78. The first kappa shape index (κ1) is 22.6. The highest BCUT2D eigenvalue weighted by Crippen LogP contribution is 2.27. The first-order chi connectivity index (χ1) is 14.3. The SMILES string of the molecule is CNS(=O)(=O)c1cc(C(=O)N2CCC(C(=O)N3CCCC(C)C3)CC2)ccc1OC. The van der Waals surface area contributed by atoms with Crippen LogP contribution < -0.4 is 9.46 Å². The molecule has 2 fully saturated rings. The molecule has 1 unspecified atom stereocenters. The zero-order chi connectivity index (χ0) is 21.9. The van der Waals surface area contributed by atoms with Gasteiger partial charge in [-0.25, -0.2) is 13.1 Å². The third-order valence-corrected chi connectivity index (χ3v) is 7.50. The molecule has 9 heteroatoms. The summed E-state index contributed by atoms with van der Waals surface area (Å²) in [5, 5.41) is 0. The van der Waals surface area contributed by atoms with Crippen molar-refractivity contribution < 1.29 is 22.7 Å². The predicted molar refractivity (Wildman–Crippen MR) is 113 cm³/mol. The minimum absolute atomic E-state index is 0.0459. The van der Waals surface area contributed by atoms with Gasteiger partial charge in [0.1, 0.15) is 10.6 Å². The van der Waals surface area contributed by atoms with Gasteiger partial charge in [-0.2, -0.15) is 0 Å². The molecule has 0 saturated carbocycles. The number of rotatable bonds is 5. The Balaban J connectivity index is 1.67. The molecule has 166 valence electrons. The number of nitrogens with zero attached hydrogens (tertiary/aromatic N) is 2. The second kappa shape index (κ2) is 9.34. The summed E-state index contributed by atoms with van der Waals surface area (Å²) in [5.41, 5.74) is 0.291. The van der Waals surface area contributed by atoms with Crippen LogP contribution in [0, 0.1) is 11.8 Å². The number of likely N-dealkylation sites (tertiary alicyclic amines) is 2. The molecule has 3 rings (SSSR count). The number of nitrogens with one attached hydrogen (secondary N) is 1. The molecule has 0 bridgehead atoms. The molecule has 1 aromatic carbocycles. The quantitative estimate of drug-likeness (QED) is 0.757. The molecule has 1 N–H and O–H groups in total. The number of ether oxygens (including phenoxy) is 1. The number of hydrogen-bond donors (Lipinski definition) is 1. The van der Waals surface area contributed by atoms with Gasteiger partial charge in [-0.3, -0.25) is 9.59 Å². The number of methoxy groups -OCH3 is 1. The highest BCUT2D eigenvalue weighted by atomic mass is 32.2. The van der Waals surface area contributed by atoms with Crippen LogP contribution >= 0.6 is 0 Å². The van der Waals surface area contributed by atoms with Crippen molar-refractivity contribution >= 4 is 21.8 Å². The van der Waals surface area contributed by atoms with Gasteiger partial charge in [-0.05, 0) is 56.8 Å². The lowest BCUT2D eigenvalue weighted by Gasteiger charge is -2.37. The molecule has 0 radical (unpaired) electrons. The molecule has 2 aliphatic rings. The fourth-order valence-corrected chi connectivity index (χ4v) is 5.21. The van der Waals surface area contributed by atoms with Crippen LogP contribution in [0.1, 0.15) is 43.0 Å². The molecular weight excluding hydrogens is 406 g/mol. The fourth-order valence-electron chi connectivity index (χ4n) is 4.29. The van der Waals surface area contributed by atoms with E-state index in [0.29, 0.717) is 37.4 Å². The molecule has 2 saturated heterocycles. The molecule has 2 aliphatic heterocycles. The normalized spacial score (nSPS) is 20.8. The topological polar surface area (TPSA) is 96.0 Å². The van der Waals surface area contributed by atoms with Gasteiger partial charge in [0.25, 0.3) is 5.91 Å². The smallest absolute Gasteiger partial charge is 0.253 e. The first-order valence-electron chi connectivity index (χ1n) is 10.5. The van der Waals surface area contributed by atoms with Gasteiger partial charge in [0.05, 0.1) is 7.11 Å². The van der Waals surface area contributed by atoms with Crippen molar-refractivity contribution in [3.63, 3.8) is 0 Å². The summed E-state index contributed by atoms with van der Waals surface area (Å²) in [7, 11) is -1.06. The molecule has 2 amide bonds. The van der Waals surface area contributed by atoms with E-state index in [1.54, 1.807) is 11.0 Å². The number of sulfonamides is 1. The second-order valence-corrected chi connectivity index (χ2v) is 10.0.